The van der Waals surface area contributed by atoms with Gasteiger partial charge in [0.05, 0.1) is 5.60 Å². The first kappa shape index (κ1) is 16.3. The summed E-state index contributed by atoms with van der Waals surface area (Å²) < 4.78 is 6.28. The van der Waals surface area contributed by atoms with Crippen molar-refractivity contribution in [2.24, 2.45) is 23.0 Å². The van der Waals surface area contributed by atoms with Gasteiger partial charge in [-0.2, -0.15) is 0 Å². The van der Waals surface area contributed by atoms with Crippen molar-refractivity contribution >= 4 is 0 Å². The third kappa shape index (κ3) is 3.57. The maximum absolute atomic E-state index is 6.75. The lowest BCUT2D eigenvalue weighted by molar-refractivity contribution is -0.112. The molecule has 0 heterocycles. The Kier molecular flexibility index (Phi) is 5.18. The molecule has 0 bridgehead atoms. The van der Waals surface area contributed by atoms with E-state index in [0.717, 1.165) is 25.4 Å². The summed E-state index contributed by atoms with van der Waals surface area (Å²) in [5, 5.41) is 0. The van der Waals surface area contributed by atoms with Crippen molar-refractivity contribution in [2.75, 3.05) is 6.61 Å². The molecule has 20 heavy (non-hydrogen) atoms. The van der Waals surface area contributed by atoms with E-state index in [0.29, 0.717) is 11.3 Å². The lowest BCUT2D eigenvalue weighted by Gasteiger charge is -2.49. The first-order valence-corrected chi connectivity index (χ1v) is 8.78. The number of nitrogens with two attached hydrogens (primary N) is 1. The predicted molar refractivity (Wildman–Crippen MR) is 85.7 cm³/mol. The van der Waals surface area contributed by atoms with Gasteiger partial charge in [0.2, 0.25) is 0 Å². The highest BCUT2D eigenvalue weighted by molar-refractivity contribution is 5.00. The lowest BCUT2D eigenvalue weighted by atomic mass is 9.64. The summed E-state index contributed by atoms with van der Waals surface area (Å²) in [6.45, 7) is 10.1. The largest absolute Gasteiger partial charge is 0.374 e. The molecule has 2 aliphatic rings. The van der Waals surface area contributed by atoms with E-state index in [4.69, 9.17) is 10.5 Å². The number of ether oxygens (including phenoxy) is 1. The molecular formula is C18H35NO. The van der Waals surface area contributed by atoms with Gasteiger partial charge in [-0.3, -0.25) is 0 Å². The van der Waals surface area contributed by atoms with Gasteiger partial charge in [0.25, 0.3) is 0 Å². The predicted octanol–water partition coefficient (Wildman–Crippen LogP) is 4.52. The summed E-state index contributed by atoms with van der Waals surface area (Å²) in [5.41, 5.74) is 7.19. The fraction of sp³-hybridized carbons (Fsp3) is 1.00. The van der Waals surface area contributed by atoms with Crippen molar-refractivity contribution < 1.29 is 4.74 Å². The Morgan fingerprint density at radius 3 is 2.10 bits per heavy atom. The SMILES string of the molecule is CCOC1(C(N)C2CCC(C)CC2)CCC(C)(C)CC1. The van der Waals surface area contributed by atoms with Gasteiger partial charge >= 0.3 is 0 Å². The minimum Gasteiger partial charge on any atom is -0.374 e. The third-order valence-corrected chi connectivity index (χ3v) is 6.06. The van der Waals surface area contributed by atoms with Crippen LogP contribution in [-0.2, 0) is 4.74 Å². The second-order valence-electron chi connectivity index (χ2n) is 8.21. The smallest absolute Gasteiger partial charge is 0.0835 e. The fourth-order valence-electron chi connectivity index (χ4n) is 4.29. The molecule has 2 heteroatoms. The highest BCUT2D eigenvalue weighted by Gasteiger charge is 2.46. The highest BCUT2D eigenvalue weighted by Crippen LogP contribution is 2.46. The molecule has 2 nitrogen and oxygen atoms in total. The van der Waals surface area contributed by atoms with Crippen LogP contribution in [0.2, 0.25) is 0 Å². The quantitative estimate of drug-likeness (QED) is 0.822. The van der Waals surface area contributed by atoms with E-state index < -0.39 is 0 Å². The summed E-state index contributed by atoms with van der Waals surface area (Å²) in [7, 11) is 0. The first-order chi connectivity index (χ1) is 9.38. The van der Waals surface area contributed by atoms with Crippen molar-refractivity contribution in [1.29, 1.82) is 0 Å². The molecular weight excluding hydrogens is 246 g/mol. The van der Waals surface area contributed by atoms with Gasteiger partial charge in [-0.1, -0.05) is 33.6 Å². The van der Waals surface area contributed by atoms with Gasteiger partial charge in [-0.05, 0) is 62.7 Å². The molecule has 0 amide bonds. The van der Waals surface area contributed by atoms with Crippen LogP contribution in [0.4, 0.5) is 0 Å². The van der Waals surface area contributed by atoms with Crippen LogP contribution in [0.3, 0.4) is 0 Å². The maximum atomic E-state index is 6.75. The molecule has 118 valence electrons. The topological polar surface area (TPSA) is 35.2 Å². The van der Waals surface area contributed by atoms with Gasteiger partial charge < -0.3 is 10.5 Å². The average molecular weight is 281 g/mol. The number of rotatable bonds is 4. The van der Waals surface area contributed by atoms with Crippen LogP contribution in [0.1, 0.15) is 79.1 Å². The second kappa shape index (κ2) is 6.36. The molecule has 2 saturated carbocycles. The lowest BCUT2D eigenvalue weighted by Crippen LogP contribution is -2.57. The van der Waals surface area contributed by atoms with Crippen LogP contribution in [-0.4, -0.2) is 18.2 Å². The van der Waals surface area contributed by atoms with Crippen molar-refractivity contribution in [3.05, 3.63) is 0 Å². The zero-order valence-corrected chi connectivity index (χ0v) is 14.1. The molecule has 0 aromatic heterocycles. The Labute approximate surface area is 125 Å². The van der Waals surface area contributed by atoms with E-state index in [1.165, 1.54) is 38.5 Å². The van der Waals surface area contributed by atoms with Crippen molar-refractivity contribution in [1.82, 2.24) is 0 Å². The van der Waals surface area contributed by atoms with Gasteiger partial charge in [-0.15, -0.1) is 0 Å². The van der Waals surface area contributed by atoms with Crippen LogP contribution < -0.4 is 5.73 Å². The number of hydrogen-bond acceptors (Lipinski definition) is 2. The van der Waals surface area contributed by atoms with Crippen molar-refractivity contribution in [3.8, 4) is 0 Å². The summed E-state index contributed by atoms with van der Waals surface area (Å²) >= 11 is 0. The van der Waals surface area contributed by atoms with Crippen LogP contribution >= 0.6 is 0 Å². The molecule has 1 unspecified atom stereocenters. The fourth-order valence-corrected chi connectivity index (χ4v) is 4.29. The van der Waals surface area contributed by atoms with E-state index in [1.807, 2.05) is 0 Å². The van der Waals surface area contributed by atoms with E-state index in [9.17, 15) is 0 Å². The molecule has 0 spiro atoms. The Morgan fingerprint density at radius 1 is 1.05 bits per heavy atom. The summed E-state index contributed by atoms with van der Waals surface area (Å²) in [5.74, 6) is 1.57. The molecule has 2 N–H and O–H groups in total. The molecule has 0 radical (unpaired) electrons. The van der Waals surface area contributed by atoms with Gasteiger partial charge in [-0.25, -0.2) is 0 Å². The minimum atomic E-state index is -0.0322. The van der Waals surface area contributed by atoms with Gasteiger partial charge in [0.15, 0.2) is 0 Å². The Balaban J connectivity index is 2.04. The highest BCUT2D eigenvalue weighted by atomic mass is 16.5. The van der Waals surface area contributed by atoms with Crippen LogP contribution in [0.5, 0.6) is 0 Å². The molecule has 0 aromatic rings. The standard InChI is InChI=1S/C18H35NO/c1-5-20-18(12-10-17(3,4)11-13-18)16(19)15-8-6-14(2)7-9-15/h14-16H,5-13,19H2,1-4H3. The molecule has 0 saturated heterocycles. The van der Waals surface area contributed by atoms with Gasteiger partial charge in [0.1, 0.15) is 0 Å². The van der Waals surface area contributed by atoms with E-state index >= 15 is 0 Å². The summed E-state index contributed by atoms with van der Waals surface area (Å²) in [6.07, 6.45) is 10.1. The van der Waals surface area contributed by atoms with E-state index in [2.05, 4.69) is 27.7 Å². The summed E-state index contributed by atoms with van der Waals surface area (Å²) in [6, 6.07) is 0.242. The monoisotopic (exact) mass is 281 g/mol. The summed E-state index contributed by atoms with van der Waals surface area (Å²) in [4.78, 5) is 0. The normalized spacial score (nSPS) is 34.6. The van der Waals surface area contributed by atoms with Crippen LogP contribution in [0.15, 0.2) is 0 Å². The zero-order chi connectivity index (χ0) is 14.8. The van der Waals surface area contributed by atoms with Crippen molar-refractivity contribution in [2.45, 2.75) is 90.7 Å². The zero-order valence-electron chi connectivity index (χ0n) is 14.1. The average Bonchev–Trinajstić information content (AvgIpc) is 2.42. The van der Waals surface area contributed by atoms with E-state index in [-0.39, 0.29) is 11.6 Å². The maximum Gasteiger partial charge on any atom is 0.0835 e. The van der Waals surface area contributed by atoms with E-state index in [1.54, 1.807) is 0 Å². The molecule has 0 aromatic carbocycles. The van der Waals surface area contributed by atoms with Crippen molar-refractivity contribution in [3.63, 3.8) is 0 Å². The third-order valence-electron chi connectivity index (χ3n) is 6.06. The minimum absolute atomic E-state index is 0.0322. The molecule has 2 aliphatic carbocycles. The van der Waals surface area contributed by atoms with Crippen LogP contribution in [0, 0.1) is 17.3 Å². The first-order valence-electron chi connectivity index (χ1n) is 8.78. The number of hydrogen-bond donors (Lipinski definition) is 1. The molecule has 0 aliphatic heterocycles. The Hall–Kier alpha value is -0.0800. The molecule has 1 atom stereocenters. The van der Waals surface area contributed by atoms with Crippen LogP contribution in [0.25, 0.3) is 0 Å². The molecule has 2 rings (SSSR count). The molecule has 2 fully saturated rings. The Bertz CT molecular complexity index is 295. The second-order valence-corrected chi connectivity index (χ2v) is 8.21. The van der Waals surface area contributed by atoms with Gasteiger partial charge in [0, 0.05) is 12.6 Å². The Morgan fingerprint density at radius 2 is 1.60 bits per heavy atom.